The first-order valence-corrected chi connectivity index (χ1v) is 6.58. The maximum absolute atomic E-state index is 10.9. The fourth-order valence-electron chi connectivity index (χ4n) is 1.55. The minimum atomic E-state index is -2.83. The summed E-state index contributed by atoms with van der Waals surface area (Å²) >= 11 is 0. The summed E-state index contributed by atoms with van der Waals surface area (Å²) in [5.74, 6) is 0.928. The van der Waals surface area contributed by atoms with Crippen LogP contribution in [0.5, 0.6) is 5.75 Å². The minimum Gasteiger partial charge on any atom is -0.488 e. The summed E-state index contributed by atoms with van der Waals surface area (Å²) in [5.41, 5.74) is 6.45. The van der Waals surface area contributed by atoms with Gasteiger partial charge in [0.25, 0.3) is 0 Å². The zero-order chi connectivity index (χ0) is 10.9. The smallest absolute Gasteiger partial charge is 0.157 e. The molecule has 1 heterocycles. The molecule has 0 unspecified atom stereocenters. The van der Waals surface area contributed by atoms with E-state index in [9.17, 15) is 8.42 Å². The Morgan fingerprint density at radius 2 is 2.00 bits per heavy atom. The van der Waals surface area contributed by atoms with Crippen molar-refractivity contribution in [3.8, 4) is 5.75 Å². The number of benzene rings is 1. The van der Waals surface area contributed by atoms with Crippen molar-refractivity contribution in [2.75, 3.05) is 11.5 Å². The Labute approximate surface area is 89.0 Å². The molecular formula is C10H13NO3S. The Morgan fingerprint density at radius 3 is 2.60 bits per heavy atom. The van der Waals surface area contributed by atoms with E-state index < -0.39 is 9.84 Å². The third-order valence-electron chi connectivity index (χ3n) is 2.37. The molecule has 82 valence electrons. The Bertz CT molecular complexity index is 443. The van der Waals surface area contributed by atoms with Crippen molar-refractivity contribution in [1.82, 2.24) is 0 Å². The van der Waals surface area contributed by atoms with Crippen molar-refractivity contribution in [3.63, 3.8) is 0 Å². The second-order valence-corrected chi connectivity index (χ2v) is 5.78. The van der Waals surface area contributed by atoms with E-state index in [-0.39, 0.29) is 17.6 Å². The molecule has 1 aliphatic rings. The van der Waals surface area contributed by atoms with Crippen molar-refractivity contribution in [2.45, 2.75) is 12.6 Å². The van der Waals surface area contributed by atoms with Crippen LogP contribution in [0.1, 0.15) is 5.56 Å². The normalized spacial score (nSPS) is 19.5. The van der Waals surface area contributed by atoms with Gasteiger partial charge in [0, 0.05) is 12.1 Å². The molecule has 0 bridgehead atoms. The summed E-state index contributed by atoms with van der Waals surface area (Å²) in [7, 11) is -2.83. The second-order valence-electron chi connectivity index (χ2n) is 3.63. The average Bonchev–Trinajstić information content (AvgIpc) is 2.16. The fraction of sp³-hybridized carbons (Fsp3) is 0.400. The topological polar surface area (TPSA) is 69.4 Å². The van der Waals surface area contributed by atoms with Crippen molar-refractivity contribution in [3.05, 3.63) is 29.8 Å². The monoisotopic (exact) mass is 227 g/mol. The van der Waals surface area contributed by atoms with Crippen molar-refractivity contribution < 1.29 is 13.2 Å². The second kappa shape index (κ2) is 3.83. The van der Waals surface area contributed by atoms with Gasteiger partial charge in [-0.1, -0.05) is 18.2 Å². The van der Waals surface area contributed by atoms with Crippen LogP contribution in [-0.2, 0) is 16.4 Å². The van der Waals surface area contributed by atoms with Crippen LogP contribution in [0, 0.1) is 0 Å². The van der Waals surface area contributed by atoms with Crippen LogP contribution in [0.4, 0.5) is 0 Å². The molecule has 0 aliphatic carbocycles. The van der Waals surface area contributed by atoms with E-state index in [2.05, 4.69) is 0 Å². The molecule has 1 fully saturated rings. The van der Waals surface area contributed by atoms with Crippen LogP contribution in [0.2, 0.25) is 0 Å². The Morgan fingerprint density at radius 1 is 1.33 bits per heavy atom. The summed E-state index contributed by atoms with van der Waals surface area (Å²) in [5, 5.41) is 0. The standard InChI is InChI=1S/C10H13NO3S/c11-5-8-3-1-2-4-10(8)14-9-6-15(12,13)7-9/h1-4,9H,5-7,11H2. The minimum absolute atomic E-state index is 0.117. The summed E-state index contributed by atoms with van der Waals surface area (Å²) < 4.78 is 27.4. The van der Waals surface area contributed by atoms with E-state index in [1.807, 2.05) is 24.3 Å². The van der Waals surface area contributed by atoms with Gasteiger partial charge in [0.05, 0.1) is 11.5 Å². The van der Waals surface area contributed by atoms with Crippen molar-refractivity contribution in [2.24, 2.45) is 5.73 Å². The van der Waals surface area contributed by atoms with Crippen molar-refractivity contribution >= 4 is 9.84 Å². The molecule has 5 heteroatoms. The van der Waals surface area contributed by atoms with E-state index in [0.717, 1.165) is 5.56 Å². The maximum Gasteiger partial charge on any atom is 0.157 e. The third kappa shape index (κ3) is 2.30. The van der Waals surface area contributed by atoms with Crippen molar-refractivity contribution in [1.29, 1.82) is 0 Å². The van der Waals surface area contributed by atoms with E-state index in [1.54, 1.807) is 0 Å². The van der Waals surface area contributed by atoms with Gasteiger partial charge in [-0.15, -0.1) is 0 Å². The number of sulfone groups is 1. The highest BCUT2D eigenvalue weighted by Gasteiger charge is 2.35. The molecule has 2 rings (SSSR count). The maximum atomic E-state index is 10.9. The van der Waals surface area contributed by atoms with Crippen LogP contribution in [-0.4, -0.2) is 26.0 Å². The lowest BCUT2D eigenvalue weighted by atomic mass is 10.2. The molecule has 1 aromatic rings. The molecule has 15 heavy (non-hydrogen) atoms. The predicted octanol–water partition coefficient (Wildman–Crippen LogP) is 0.321. The Kier molecular flexibility index (Phi) is 2.67. The number of para-hydroxylation sites is 1. The van der Waals surface area contributed by atoms with Gasteiger partial charge >= 0.3 is 0 Å². The summed E-state index contributed by atoms with van der Waals surface area (Å²) in [6, 6.07) is 7.42. The zero-order valence-corrected chi connectivity index (χ0v) is 9.03. The van der Waals surface area contributed by atoms with Gasteiger partial charge in [-0.05, 0) is 6.07 Å². The molecular weight excluding hydrogens is 214 g/mol. The molecule has 1 saturated heterocycles. The van der Waals surface area contributed by atoms with E-state index >= 15 is 0 Å². The molecule has 1 aliphatic heterocycles. The number of hydrogen-bond acceptors (Lipinski definition) is 4. The largest absolute Gasteiger partial charge is 0.488 e. The summed E-state index contributed by atoms with van der Waals surface area (Å²) in [6.07, 6.45) is -0.206. The van der Waals surface area contributed by atoms with Gasteiger partial charge in [0.2, 0.25) is 0 Å². The first-order valence-electron chi connectivity index (χ1n) is 4.76. The lowest BCUT2D eigenvalue weighted by Gasteiger charge is -2.27. The summed E-state index contributed by atoms with van der Waals surface area (Å²) in [6.45, 7) is 0.398. The molecule has 1 aromatic carbocycles. The quantitative estimate of drug-likeness (QED) is 0.807. The lowest BCUT2D eigenvalue weighted by Crippen LogP contribution is -2.45. The molecule has 4 nitrogen and oxygen atoms in total. The molecule has 0 radical (unpaired) electrons. The van der Waals surface area contributed by atoms with Crippen LogP contribution < -0.4 is 10.5 Å². The predicted molar refractivity (Wildman–Crippen MR) is 57.4 cm³/mol. The molecule has 0 spiro atoms. The first-order chi connectivity index (χ1) is 7.11. The van der Waals surface area contributed by atoms with Gasteiger partial charge < -0.3 is 10.5 Å². The first kappa shape index (κ1) is 10.4. The molecule has 0 saturated carbocycles. The molecule has 0 aromatic heterocycles. The highest BCUT2D eigenvalue weighted by Crippen LogP contribution is 2.23. The van der Waals surface area contributed by atoms with Gasteiger partial charge in [-0.25, -0.2) is 8.42 Å². The number of rotatable bonds is 3. The Balaban J connectivity index is 2.06. The van der Waals surface area contributed by atoms with E-state index in [4.69, 9.17) is 10.5 Å². The summed E-state index contributed by atoms with van der Waals surface area (Å²) in [4.78, 5) is 0. The fourth-order valence-corrected chi connectivity index (χ4v) is 2.72. The number of hydrogen-bond donors (Lipinski definition) is 1. The molecule has 0 atom stereocenters. The van der Waals surface area contributed by atoms with Gasteiger partial charge in [0.1, 0.15) is 11.9 Å². The van der Waals surface area contributed by atoms with Gasteiger partial charge in [-0.2, -0.15) is 0 Å². The van der Waals surface area contributed by atoms with Crippen LogP contribution in [0.3, 0.4) is 0 Å². The molecule has 0 amide bonds. The number of ether oxygens (including phenoxy) is 1. The van der Waals surface area contributed by atoms with Gasteiger partial charge in [-0.3, -0.25) is 0 Å². The zero-order valence-electron chi connectivity index (χ0n) is 8.22. The highest BCUT2D eigenvalue weighted by atomic mass is 32.2. The SMILES string of the molecule is NCc1ccccc1OC1CS(=O)(=O)C1. The molecule has 2 N–H and O–H groups in total. The Hall–Kier alpha value is -1.07. The van der Waals surface area contributed by atoms with E-state index in [1.165, 1.54) is 0 Å². The lowest BCUT2D eigenvalue weighted by molar-refractivity contribution is 0.228. The number of nitrogens with two attached hydrogens (primary N) is 1. The highest BCUT2D eigenvalue weighted by molar-refractivity contribution is 7.92. The van der Waals surface area contributed by atoms with E-state index in [0.29, 0.717) is 12.3 Å². The van der Waals surface area contributed by atoms with Gasteiger partial charge in [0.15, 0.2) is 9.84 Å². The average molecular weight is 227 g/mol. The van der Waals surface area contributed by atoms with Crippen LogP contribution in [0.15, 0.2) is 24.3 Å². The third-order valence-corrected chi connectivity index (χ3v) is 4.13. The van der Waals surface area contributed by atoms with Crippen LogP contribution in [0.25, 0.3) is 0 Å². The van der Waals surface area contributed by atoms with Crippen LogP contribution >= 0.6 is 0 Å².